The van der Waals surface area contributed by atoms with Crippen molar-refractivity contribution in [2.75, 3.05) is 6.54 Å². The number of hydrogen-bond acceptors (Lipinski definition) is 1. The minimum Gasteiger partial charge on any atom is -0.338 e. The molecule has 3 nitrogen and oxygen atoms in total. The first-order valence-corrected chi connectivity index (χ1v) is 8.37. The zero-order valence-corrected chi connectivity index (χ0v) is 13.9. The fourth-order valence-electron chi connectivity index (χ4n) is 3.32. The zero-order chi connectivity index (χ0) is 16.2. The Hall–Kier alpha value is -2.29. The summed E-state index contributed by atoms with van der Waals surface area (Å²) in [5.74, 6) is 0. The number of fused-ring (bicyclic) bond motifs is 1. The Kier molecular flexibility index (Phi) is 4.65. The van der Waals surface area contributed by atoms with Crippen molar-refractivity contribution in [2.45, 2.75) is 39.3 Å². The van der Waals surface area contributed by atoms with Crippen LogP contribution in [-0.4, -0.2) is 17.5 Å². The molecule has 0 bridgehead atoms. The van der Waals surface area contributed by atoms with Gasteiger partial charge in [-0.1, -0.05) is 54.1 Å². The summed E-state index contributed by atoms with van der Waals surface area (Å²) < 4.78 is 0. The lowest BCUT2D eigenvalue weighted by molar-refractivity contribution is 0.170. The van der Waals surface area contributed by atoms with Gasteiger partial charge in [0, 0.05) is 13.1 Å². The van der Waals surface area contributed by atoms with Gasteiger partial charge < -0.3 is 10.2 Å². The molecule has 3 rings (SSSR count). The third kappa shape index (κ3) is 3.39. The third-order valence-electron chi connectivity index (χ3n) is 4.54. The summed E-state index contributed by atoms with van der Waals surface area (Å²) in [7, 11) is 0. The average Bonchev–Trinajstić information content (AvgIpc) is 2.98. The van der Waals surface area contributed by atoms with Crippen molar-refractivity contribution in [3.63, 3.8) is 0 Å². The number of carbonyl (C=O) groups excluding carboxylic acids is 1. The summed E-state index contributed by atoms with van der Waals surface area (Å²) in [4.78, 5) is 14.6. The molecule has 1 atom stereocenters. The molecule has 2 aromatic carbocycles. The van der Waals surface area contributed by atoms with Crippen molar-refractivity contribution in [1.29, 1.82) is 0 Å². The highest BCUT2D eigenvalue weighted by molar-refractivity contribution is 5.75. The van der Waals surface area contributed by atoms with E-state index in [-0.39, 0.29) is 12.1 Å². The van der Waals surface area contributed by atoms with Gasteiger partial charge in [-0.15, -0.1) is 0 Å². The summed E-state index contributed by atoms with van der Waals surface area (Å²) in [5.41, 5.74) is 5.08. The lowest BCUT2D eigenvalue weighted by atomic mass is 10.1. The van der Waals surface area contributed by atoms with Crippen molar-refractivity contribution in [1.82, 2.24) is 10.2 Å². The molecule has 0 heterocycles. The molecule has 2 aromatic rings. The molecule has 1 aliphatic rings. The average molecular weight is 308 g/mol. The maximum absolute atomic E-state index is 12.6. The molecule has 120 valence electrons. The summed E-state index contributed by atoms with van der Waals surface area (Å²) >= 11 is 0. The maximum Gasteiger partial charge on any atom is 0.318 e. The van der Waals surface area contributed by atoms with E-state index in [2.05, 4.69) is 60.8 Å². The molecule has 0 saturated heterocycles. The SMILES string of the molecule is CCNC(=O)N(Cc1ccc(C)cc1)C1CCc2ccccc21. The monoisotopic (exact) mass is 308 g/mol. The van der Waals surface area contributed by atoms with Gasteiger partial charge in [-0.3, -0.25) is 0 Å². The number of hydrogen-bond donors (Lipinski definition) is 1. The molecule has 0 spiro atoms. The molecular weight excluding hydrogens is 284 g/mol. The summed E-state index contributed by atoms with van der Waals surface area (Å²) in [6, 6.07) is 17.1. The van der Waals surface area contributed by atoms with E-state index in [0.717, 1.165) is 12.8 Å². The normalized spacial score (nSPS) is 16.0. The highest BCUT2D eigenvalue weighted by Gasteiger charge is 2.30. The number of nitrogens with zero attached hydrogens (tertiary/aromatic N) is 1. The Labute approximate surface area is 138 Å². The Balaban J connectivity index is 1.87. The van der Waals surface area contributed by atoms with Crippen molar-refractivity contribution in [2.24, 2.45) is 0 Å². The van der Waals surface area contributed by atoms with E-state index in [0.29, 0.717) is 13.1 Å². The van der Waals surface area contributed by atoms with Crippen LogP contribution in [0, 0.1) is 6.92 Å². The molecular formula is C20H24N2O. The molecule has 3 heteroatoms. The van der Waals surface area contributed by atoms with Gasteiger partial charge in [-0.05, 0) is 43.4 Å². The Morgan fingerprint density at radius 1 is 1.17 bits per heavy atom. The van der Waals surface area contributed by atoms with Crippen LogP contribution in [0.1, 0.15) is 41.6 Å². The smallest absolute Gasteiger partial charge is 0.318 e. The van der Waals surface area contributed by atoms with E-state index >= 15 is 0 Å². The summed E-state index contributed by atoms with van der Waals surface area (Å²) in [6.45, 7) is 5.34. The Morgan fingerprint density at radius 3 is 2.65 bits per heavy atom. The Bertz CT molecular complexity index is 678. The molecule has 1 unspecified atom stereocenters. The second-order valence-electron chi connectivity index (χ2n) is 6.20. The van der Waals surface area contributed by atoms with Crippen molar-refractivity contribution >= 4 is 6.03 Å². The van der Waals surface area contributed by atoms with Crippen LogP contribution in [-0.2, 0) is 13.0 Å². The fraction of sp³-hybridized carbons (Fsp3) is 0.350. The van der Waals surface area contributed by atoms with Crippen LogP contribution in [0.4, 0.5) is 4.79 Å². The molecule has 1 N–H and O–H groups in total. The van der Waals surface area contributed by atoms with Gasteiger partial charge in [-0.25, -0.2) is 4.79 Å². The first-order valence-electron chi connectivity index (χ1n) is 8.37. The van der Waals surface area contributed by atoms with E-state index < -0.39 is 0 Å². The number of rotatable bonds is 4. The van der Waals surface area contributed by atoms with E-state index in [9.17, 15) is 4.79 Å². The van der Waals surface area contributed by atoms with Crippen LogP contribution >= 0.6 is 0 Å². The quantitative estimate of drug-likeness (QED) is 0.901. The molecule has 0 saturated carbocycles. The van der Waals surface area contributed by atoms with E-state index in [1.54, 1.807) is 0 Å². The first kappa shape index (κ1) is 15.6. The number of aryl methyl sites for hydroxylation is 2. The Morgan fingerprint density at radius 2 is 1.91 bits per heavy atom. The molecule has 0 fully saturated rings. The fourth-order valence-corrected chi connectivity index (χ4v) is 3.32. The van der Waals surface area contributed by atoms with Gasteiger partial charge in [0.2, 0.25) is 0 Å². The van der Waals surface area contributed by atoms with Crippen LogP contribution in [0.3, 0.4) is 0 Å². The van der Waals surface area contributed by atoms with Crippen LogP contribution in [0.2, 0.25) is 0 Å². The predicted molar refractivity (Wildman–Crippen MR) is 93.3 cm³/mol. The zero-order valence-electron chi connectivity index (χ0n) is 13.9. The topological polar surface area (TPSA) is 32.3 Å². The minimum atomic E-state index is 0.0229. The van der Waals surface area contributed by atoms with Gasteiger partial charge in [0.05, 0.1) is 6.04 Å². The second kappa shape index (κ2) is 6.86. The lowest BCUT2D eigenvalue weighted by Crippen LogP contribution is -2.41. The minimum absolute atomic E-state index is 0.0229. The van der Waals surface area contributed by atoms with E-state index in [4.69, 9.17) is 0 Å². The van der Waals surface area contributed by atoms with Gasteiger partial charge in [0.15, 0.2) is 0 Å². The molecule has 2 amide bonds. The van der Waals surface area contributed by atoms with Crippen LogP contribution in [0.5, 0.6) is 0 Å². The number of benzene rings is 2. The van der Waals surface area contributed by atoms with E-state index in [1.165, 1.54) is 22.3 Å². The summed E-state index contributed by atoms with van der Waals surface area (Å²) in [5, 5.41) is 2.97. The number of nitrogens with one attached hydrogen (secondary N) is 1. The second-order valence-corrected chi connectivity index (χ2v) is 6.20. The highest BCUT2D eigenvalue weighted by atomic mass is 16.2. The third-order valence-corrected chi connectivity index (χ3v) is 4.54. The molecule has 0 aliphatic heterocycles. The van der Waals surface area contributed by atoms with Gasteiger partial charge in [0.25, 0.3) is 0 Å². The van der Waals surface area contributed by atoms with Crippen LogP contribution in [0.15, 0.2) is 48.5 Å². The molecule has 23 heavy (non-hydrogen) atoms. The number of urea groups is 1. The van der Waals surface area contributed by atoms with E-state index in [1.807, 2.05) is 11.8 Å². The number of amides is 2. The molecule has 0 radical (unpaired) electrons. The largest absolute Gasteiger partial charge is 0.338 e. The molecule has 0 aromatic heterocycles. The van der Waals surface area contributed by atoms with Gasteiger partial charge in [0.1, 0.15) is 0 Å². The maximum atomic E-state index is 12.6. The lowest BCUT2D eigenvalue weighted by Gasteiger charge is -2.30. The molecule has 1 aliphatic carbocycles. The van der Waals surface area contributed by atoms with Crippen LogP contribution in [0.25, 0.3) is 0 Å². The first-order chi connectivity index (χ1) is 11.2. The number of carbonyl (C=O) groups is 1. The van der Waals surface area contributed by atoms with Crippen molar-refractivity contribution in [3.8, 4) is 0 Å². The van der Waals surface area contributed by atoms with Gasteiger partial charge in [-0.2, -0.15) is 0 Å². The standard InChI is InChI=1S/C20H24N2O/c1-3-21-20(23)22(14-16-10-8-15(2)9-11-16)19-13-12-17-6-4-5-7-18(17)19/h4-11,19H,3,12-14H2,1-2H3,(H,21,23). The van der Waals surface area contributed by atoms with Crippen molar-refractivity contribution < 1.29 is 4.79 Å². The van der Waals surface area contributed by atoms with Crippen molar-refractivity contribution in [3.05, 3.63) is 70.8 Å². The van der Waals surface area contributed by atoms with Gasteiger partial charge >= 0.3 is 6.03 Å². The summed E-state index contributed by atoms with van der Waals surface area (Å²) in [6.07, 6.45) is 2.05. The highest BCUT2D eigenvalue weighted by Crippen LogP contribution is 2.36. The predicted octanol–water partition coefficient (Wildman–Crippen LogP) is 4.21. The van der Waals surface area contributed by atoms with Crippen LogP contribution < -0.4 is 5.32 Å².